The zero-order valence-electron chi connectivity index (χ0n) is 11.4. The highest BCUT2D eigenvalue weighted by Crippen LogP contribution is 2.20. The number of nitrogens with one attached hydrogen (secondary N) is 2. The van der Waals surface area contributed by atoms with Crippen LogP contribution in [0.3, 0.4) is 0 Å². The van der Waals surface area contributed by atoms with Crippen LogP contribution in [0.15, 0.2) is 35.3 Å². The van der Waals surface area contributed by atoms with Crippen molar-refractivity contribution in [2.75, 3.05) is 19.8 Å². The van der Waals surface area contributed by atoms with E-state index in [1.165, 1.54) is 0 Å². The van der Waals surface area contributed by atoms with Crippen molar-refractivity contribution in [1.29, 1.82) is 0 Å². The summed E-state index contributed by atoms with van der Waals surface area (Å²) in [5, 5.41) is 5.14. The van der Waals surface area contributed by atoms with E-state index in [1.807, 2.05) is 31.2 Å². The van der Waals surface area contributed by atoms with Gasteiger partial charge in [-0.1, -0.05) is 18.2 Å². The second-order valence-electron chi connectivity index (χ2n) is 4.49. The zero-order valence-corrected chi connectivity index (χ0v) is 11.4. The number of pyridine rings is 1. The molecule has 102 valence electrons. The van der Waals surface area contributed by atoms with Crippen molar-refractivity contribution in [3.05, 3.63) is 46.4 Å². The van der Waals surface area contributed by atoms with Gasteiger partial charge in [-0.3, -0.25) is 4.79 Å². The lowest BCUT2D eigenvalue weighted by Gasteiger charge is -2.16. The largest absolute Gasteiger partial charge is 0.380 e. The van der Waals surface area contributed by atoms with Gasteiger partial charge in [-0.15, -0.1) is 0 Å². The fourth-order valence-electron chi connectivity index (χ4n) is 2.19. The molecule has 0 radical (unpaired) electrons. The van der Waals surface area contributed by atoms with Crippen LogP contribution >= 0.6 is 0 Å². The maximum Gasteiger partial charge on any atom is 0.255 e. The lowest BCUT2D eigenvalue weighted by molar-refractivity contribution is 0.147. The molecule has 1 atom stereocenters. The summed E-state index contributed by atoms with van der Waals surface area (Å²) >= 11 is 0. The molecule has 1 unspecified atom stereocenters. The first-order valence-corrected chi connectivity index (χ1v) is 6.65. The lowest BCUT2D eigenvalue weighted by atomic mass is 10.0. The van der Waals surface area contributed by atoms with Gasteiger partial charge in [0.05, 0.1) is 6.61 Å². The minimum Gasteiger partial charge on any atom is -0.380 e. The molecule has 4 nitrogen and oxygen atoms in total. The van der Waals surface area contributed by atoms with E-state index >= 15 is 0 Å². The van der Waals surface area contributed by atoms with E-state index in [9.17, 15) is 4.79 Å². The first-order chi connectivity index (χ1) is 9.24. The third-order valence-corrected chi connectivity index (χ3v) is 3.21. The van der Waals surface area contributed by atoms with Crippen LogP contribution in [-0.4, -0.2) is 24.7 Å². The van der Waals surface area contributed by atoms with Crippen molar-refractivity contribution >= 4 is 10.8 Å². The molecule has 1 heterocycles. The van der Waals surface area contributed by atoms with Gasteiger partial charge in [0.25, 0.3) is 5.56 Å². The Morgan fingerprint density at radius 1 is 1.32 bits per heavy atom. The fraction of sp³-hybridized carbons (Fsp3) is 0.400. The van der Waals surface area contributed by atoms with Crippen molar-refractivity contribution in [3.63, 3.8) is 0 Å². The van der Waals surface area contributed by atoms with E-state index in [4.69, 9.17) is 4.74 Å². The standard InChI is InChI=1S/C15H20N2O2/c1-3-19-9-8-16-11(2)14-10-17-15(18)13-7-5-4-6-12(13)14/h4-7,10-11,16H,3,8-9H2,1-2H3,(H,17,18). The van der Waals surface area contributed by atoms with Gasteiger partial charge in [-0.2, -0.15) is 0 Å². The number of aromatic amines is 1. The molecule has 0 aliphatic heterocycles. The topological polar surface area (TPSA) is 54.1 Å². The molecule has 0 saturated carbocycles. The molecule has 1 aromatic carbocycles. The van der Waals surface area contributed by atoms with Crippen molar-refractivity contribution in [2.45, 2.75) is 19.9 Å². The quantitative estimate of drug-likeness (QED) is 0.783. The molecule has 2 aromatic rings. The third kappa shape index (κ3) is 3.22. The monoisotopic (exact) mass is 260 g/mol. The maximum atomic E-state index is 11.8. The molecule has 19 heavy (non-hydrogen) atoms. The number of H-pyrrole nitrogens is 1. The highest BCUT2D eigenvalue weighted by molar-refractivity contribution is 5.84. The summed E-state index contributed by atoms with van der Waals surface area (Å²) in [6.07, 6.45) is 1.79. The van der Waals surface area contributed by atoms with E-state index in [2.05, 4.69) is 17.2 Å². The summed E-state index contributed by atoms with van der Waals surface area (Å²) < 4.78 is 5.31. The van der Waals surface area contributed by atoms with Gasteiger partial charge in [0, 0.05) is 30.8 Å². The Balaban J connectivity index is 2.20. The first kappa shape index (κ1) is 13.8. The predicted octanol–water partition coefficient (Wildman–Crippen LogP) is 2.22. The van der Waals surface area contributed by atoms with Crippen LogP contribution in [0.1, 0.15) is 25.5 Å². The first-order valence-electron chi connectivity index (χ1n) is 6.65. The molecule has 0 aliphatic carbocycles. The Morgan fingerprint density at radius 3 is 2.79 bits per heavy atom. The van der Waals surface area contributed by atoms with Crippen molar-refractivity contribution in [2.24, 2.45) is 0 Å². The molecule has 1 aromatic heterocycles. The summed E-state index contributed by atoms with van der Waals surface area (Å²) in [7, 11) is 0. The molecule has 2 rings (SSSR count). The van der Waals surface area contributed by atoms with Gasteiger partial charge in [-0.05, 0) is 30.9 Å². The predicted molar refractivity (Wildman–Crippen MR) is 77.5 cm³/mol. The minimum atomic E-state index is -0.0409. The Kier molecular flexibility index (Phi) is 4.71. The van der Waals surface area contributed by atoms with Crippen molar-refractivity contribution in [1.82, 2.24) is 10.3 Å². The van der Waals surface area contributed by atoms with E-state index in [0.717, 1.165) is 29.5 Å². The van der Waals surface area contributed by atoms with Crippen LogP contribution in [-0.2, 0) is 4.74 Å². The summed E-state index contributed by atoms with van der Waals surface area (Å²) in [5.74, 6) is 0. The molecule has 2 N–H and O–H groups in total. The van der Waals surface area contributed by atoms with E-state index in [-0.39, 0.29) is 11.6 Å². The van der Waals surface area contributed by atoms with Gasteiger partial charge in [0.1, 0.15) is 0 Å². The number of aromatic nitrogens is 1. The van der Waals surface area contributed by atoms with E-state index in [0.29, 0.717) is 6.61 Å². The van der Waals surface area contributed by atoms with Crippen LogP contribution < -0.4 is 10.9 Å². The molecule has 0 amide bonds. The number of hydrogen-bond acceptors (Lipinski definition) is 3. The second-order valence-corrected chi connectivity index (χ2v) is 4.49. The highest BCUT2D eigenvalue weighted by atomic mass is 16.5. The number of benzene rings is 1. The minimum absolute atomic E-state index is 0.0409. The average Bonchev–Trinajstić information content (AvgIpc) is 2.44. The molecular weight excluding hydrogens is 240 g/mol. The SMILES string of the molecule is CCOCCNC(C)c1c[nH]c(=O)c2ccccc12. The van der Waals surface area contributed by atoms with Crippen LogP contribution in [0.4, 0.5) is 0 Å². The number of rotatable bonds is 6. The van der Waals surface area contributed by atoms with Crippen LogP contribution in [0.25, 0.3) is 10.8 Å². The van der Waals surface area contributed by atoms with Crippen LogP contribution in [0, 0.1) is 0 Å². The summed E-state index contributed by atoms with van der Waals surface area (Å²) in [5.41, 5.74) is 1.06. The number of fused-ring (bicyclic) bond motifs is 1. The molecule has 0 fully saturated rings. The fourth-order valence-corrected chi connectivity index (χ4v) is 2.19. The van der Waals surface area contributed by atoms with Crippen LogP contribution in [0.5, 0.6) is 0 Å². The Bertz CT molecular complexity index is 592. The summed E-state index contributed by atoms with van der Waals surface area (Å²) in [6, 6.07) is 7.85. The summed E-state index contributed by atoms with van der Waals surface area (Å²) in [4.78, 5) is 14.6. The normalized spacial score (nSPS) is 12.7. The Labute approximate surface area is 112 Å². The molecule has 0 bridgehead atoms. The van der Waals surface area contributed by atoms with Crippen molar-refractivity contribution < 1.29 is 4.74 Å². The van der Waals surface area contributed by atoms with Crippen LogP contribution in [0.2, 0.25) is 0 Å². The molecule has 0 saturated heterocycles. The van der Waals surface area contributed by atoms with Gasteiger partial charge < -0.3 is 15.0 Å². The molecule has 0 aliphatic rings. The molecule has 4 heteroatoms. The Morgan fingerprint density at radius 2 is 2.05 bits per heavy atom. The number of hydrogen-bond donors (Lipinski definition) is 2. The van der Waals surface area contributed by atoms with Gasteiger partial charge in [0.15, 0.2) is 0 Å². The highest BCUT2D eigenvalue weighted by Gasteiger charge is 2.10. The lowest BCUT2D eigenvalue weighted by Crippen LogP contribution is -2.24. The number of ether oxygens (including phenoxy) is 1. The van der Waals surface area contributed by atoms with E-state index in [1.54, 1.807) is 6.20 Å². The van der Waals surface area contributed by atoms with Gasteiger partial charge >= 0.3 is 0 Å². The van der Waals surface area contributed by atoms with Crippen molar-refractivity contribution in [3.8, 4) is 0 Å². The maximum absolute atomic E-state index is 11.8. The average molecular weight is 260 g/mol. The zero-order chi connectivity index (χ0) is 13.7. The second kappa shape index (κ2) is 6.50. The smallest absolute Gasteiger partial charge is 0.255 e. The Hall–Kier alpha value is -1.65. The van der Waals surface area contributed by atoms with Gasteiger partial charge in [-0.25, -0.2) is 0 Å². The summed E-state index contributed by atoms with van der Waals surface area (Å²) in [6.45, 7) is 6.30. The molecule has 0 spiro atoms. The van der Waals surface area contributed by atoms with Gasteiger partial charge in [0.2, 0.25) is 0 Å². The van der Waals surface area contributed by atoms with E-state index < -0.39 is 0 Å². The third-order valence-electron chi connectivity index (χ3n) is 3.21. The molecular formula is C15H20N2O2.